The van der Waals surface area contributed by atoms with Crippen LogP contribution < -0.4 is 0 Å². The number of carbonyl (C=O) groups excluding carboxylic acids is 2. The average molecular weight is 827 g/mol. The predicted molar refractivity (Wildman–Crippen MR) is 260 cm³/mol. The van der Waals surface area contributed by atoms with Crippen molar-refractivity contribution in [1.82, 2.24) is 0 Å². The van der Waals surface area contributed by atoms with Crippen molar-refractivity contribution in [3.8, 4) is 0 Å². The SMILES string of the molecule is CC/C=C\C/C=C\C/C=C\C/C=C\CCCOCC(COC(=O)CCCCCCCCC/C=C\C/C=C\C/C=C\CC)OC(=O)CC/C=C\C/C=C\C/C=C\C/C=C\CC. The quantitative estimate of drug-likeness (QED) is 0.0349. The van der Waals surface area contributed by atoms with E-state index in [0.717, 1.165) is 109 Å². The third-order valence-electron chi connectivity index (χ3n) is 9.18. The maximum atomic E-state index is 12.7. The molecule has 0 rings (SSSR count). The van der Waals surface area contributed by atoms with Crippen LogP contribution in [0.25, 0.3) is 0 Å². The van der Waals surface area contributed by atoms with E-state index in [-0.39, 0.29) is 31.6 Å². The molecule has 0 aliphatic heterocycles. The molecule has 0 fully saturated rings. The molecule has 0 radical (unpaired) electrons. The Balaban J connectivity index is 4.47. The molecule has 60 heavy (non-hydrogen) atoms. The first-order valence-electron chi connectivity index (χ1n) is 23.7. The largest absolute Gasteiger partial charge is 0.462 e. The summed E-state index contributed by atoms with van der Waals surface area (Å²) in [7, 11) is 0. The van der Waals surface area contributed by atoms with Crippen molar-refractivity contribution >= 4 is 11.9 Å². The Morgan fingerprint density at radius 1 is 0.367 bits per heavy atom. The molecule has 0 aromatic rings. The Morgan fingerprint density at radius 2 is 0.733 bits per heavy atom. The highest BCUT2D eigenvalue weighted by Crippen LogP contribution is 2.11. The van der Waals surface area contributed by atoms with Crippen LogP contribution in [0.5, 0.6) is 0 Å². The Kier molecular flexibility index (Phi) is 46.1. The van der Waals surface area contributed by atoms with Gasteiger partial charge in [0, 0.05) is 19.4 Å². The monoisotopic (exact) mass is 827 g/mol. The van der Waals surface area contributed by atoms with Gasteiger partial charge in [-0.1, -0.05) is 187 Å². The van der Waals surface area contributed by atoms with Gasteiger partial charge in [-0.2, -0.15) is 0 Å². The first kappa shape index (κ1) is 56.0. The van der Waals surface area contributed by atoms with Crippen molar-refractivity contribution in [1.29, 1.82) is 0 Å². The second-order valence-corrected chi connectivity index (χ2v) is 14.9. The van der Waals surface area contributed by atoms with Gasteiger partial charge in [0.2, 0.25) is 0 Å². The Labute approximate surface area is 369 Å². The molecule has 0 aromatic carbocycles. The van der Waals surface area contributed by atoms with E-state index in [0.29, 0.717) is 19.4 Å². The third kappa shape index (κ3) is 46.7. The number of ether oxygens (including phenoxy) is 3. The molecule has 0 spiro atoms. The van der Waals surface area contributed by atoms with Crippen LogP contribution in [0.3, 0.4) is 0 Å². The van der Waals surface area contributed by atoms with Crippen LogP contribution in [0.15, 0.2) is 134 Å². The van der Waals surface area contributed by atoms with Gasteiger partial charge in [0.15, 0.2) is 6.10 Å². The summed E-state index contributed by atoms with van der Waals surface area (Å²) in [5.41, 5.74) is 0. The Morgan fingerprint density at radius 3 is 1.18 bits per heavy atom. The zero-order valence-corrected chi connectivity index (χ0v) is 38.4. The number of hydrogen-bond donors (Lipinski definition) is 0. The fraction of sp³-hybridized carbons (Fsp3) is 0.564. The molecule has 0 aromatic heterocycles. The van der Waals surface area contributed by atoms with Gasteiger partial charge in [-0.25, -0.2) is 0 Å². The van der Waals surface area contributed by atoms with Gasteiger partial charge in [0.05, 0.1) is 6.61 Å². The molecule has 0 bridgehead atoms. The minimum Gasteiger partial charge on any atom is -0.462 e. The van der Waals surface area contributed by atoms with Gasteiger partial charge in [-0.15, -0.1) is 0 Å². The minimum absolute atomic E-state index is 0.0203. The number of rotatable bonds is 41. The predicted octanol–water partition coefficient (Wildman–Crippen LogP) is 16.0. The molecule has 5 heteroatoms. The fourth-order valence-electron chi connectivity index (χ4n) is 5.78. The topological polar surface area (TPSA) is 61.8 Å². The molecule has 336 valence electrons. The molecule has 1 atom stereocenters. The fourth-order valence-corrected chi connectivity index (χ4v) is 5.78. The maximum Gasteiger partial charge on any atom is 0.306 e. The molecular weight excluding hydrogens is 741 g/mol. The van der Waals surface area contributed by atoms with Gasteiger partial charge in [-0.3, -0.25) is 9.59 Å². The summed E-state index contributed by atoms with van der Waals surface area (Å²) in [6.45, 7) is 7.23. The van der Waals surface area contributed by atoms with Crippen molar-refractivity contribution < 1.29 is 23.8 Å². The highest BCUT2D eigenvalue weighted by molar-refractivity contribution is 5.70. The lowest BCUT2D eigenvalue weighted by Crippen LogP contribution is -2.30. The van der Waals surface area contributed by atoms with Gasteiger partial charge in [0.25, 0.3) is 0 Å². The summed E-state index contributed by atoms with van der Waals surface area (Å²) in [5.74, 6) is -0.546. The molecule has 0 aliphatic rings. The van der Waals surface area contributed by atoms with Crippen LogP contribution in [0.1, 0.15) is 175 Å². The summed E-state index contributed by atoms with van der Waals surface area (Å²) in [6, 6.07) is 0. The van der Waals surface area contributed by atoms with E-state index in [4.69, 9.17) is 14.2 Å². The van der Waals surface area contributed by atoms with E-state index < -0.39 is 6.10 Å². The normalized spacial score (nSPS) is 13.4. The van der Waals surface area contributed by atoms with E-state index in [1.54, 1.807) is 0 Å². The number of hydrogen-bond acceptors (Lipinski definition) is 5. The third-order valence-corrected chi connectivity index (χ3v) is 9.18. The molecule has 0 N–H and O–H groups in total. The molecule has 1 unspecified atom stereocenters. The number of carbonyl (C=O) groups is 2. The van der Waals surface area contributed by atoms with Crippen molar-refractivity contribution in [2.75, 3.05) is 19.8 Å². The van der Waals surface area contributed by atoms with Crippen molar-refractivity contribution in [2.24, 2.45) is 0 Å². The number of esters is 2. The van der Waals surface area contributed by atoms with Crippen LogP contribution in [0.4, 0.5) is 0 Å². The first-order valence-corrected chi connectivity index (χ1v) is 23.7. The molecular formula is C55H86O5. The standard InChI is InChI=1S/C55H86O5/c1-4-7-10-13-16-19-22-25-27-28-29-31-33-36-39-42-45-48-54(56)59-52-53(51-58-50-47-44-41-38-35-32-26-23-20-17-14-11-8-5-2)60-55(57)49-46-43-40-37-34-30-24-21-18-15-12-9-6-3/h7-12,16-21,25-27,30,32,34,38,40-41,43,53H,4-6,13-15,22-24,28-29,31,33,35-37,39,42,44-52H2,1-3H3/b10-7-,11-8-,12-9-,19-16-,20-17-,21-18-,27-25-,32-26-,34-30-,41-38-,43-40-. The van der Waals surface area contributed by atoms with Crippen LogP contribution in [0.2, 0.25) is 0 Å². The second-order valence-electron chi connectivity index (χ2n) is 14.9. The van der Waals surface area contributed by atoms with E-state index >= 15 is 0 Å². The Hall–Kier alpha value is -3.96. The summed E-state index contributed by atoms with van der Waals surface area (Å²) < 4.78 is 17.2. The van der Waals surface area contributed by atoms with Gasteiger partial charge in [-0.05, 0) is 109 Å². The van der Waals surface area contributed by atoms with Gasteiger partial charge >= 0.3 is 11.9 Å². The van der Waals surface area contributed by atoms with Gasteiger partial charge in [0.1, 0.15) is 6.61 Å². The van der Waals surface area contributed by atoms with Crippen molar-refractivity contribution in [3.63, 3.8) is 0 Å². The molecule has 5 nitrogen and oxygen atoms in total. The zero-order valence-electron chi connectivity index (χ0n) is 38.4. The lowest BCUT2D eigenvalue weighted by Gasteiger charge is -2.18. The summed E-state index contributed by atoms with van der Waals surface area (Å²) in [6.07, 6.45) is 70.5. The van der Waals surface area contributed by atoms with Crippen molar-refractivity contribution in [2.45, 2.75) is 181 Å². The minimum atomic E-state index is -0.615. The lowest BCUT2D eigenvalue weighted by molar-refractivity contribution is -0.162. The summed E-state index contributed by atoms with van der Waals surface area (Å²) in [5, 5.41) is 0. The van der Waals surface area contributed by atoms with E-state index in [2.05, 4.69) is 148 Å². The van der Waals surface area contributed by atoms with Crippen LogP contribution >= 0.6 is 0 Å². The average Bonchev–Trinajstić information content (AvgIpc) is 3.25. The van der Waals surface area contributed by atoms with E-state index in [1.165, 1.54) is 25.7 Å². The van der Waals surface area contributed by atoms with Crippen molar-refractivity contribution in [3.05, 3.63) is 134 Å². The second kappa shape index (κ2) is 49.4. The zero-order chi connectivity index (χ0) is 43.5. The molecule has 0 amide bonds. The number of allylic oxidation sites excluding steroid dienone is 22. The maximum absolute atomic E-state index is 12.7. The van der Waals surface area contributed by atoms with E-state index in [9.17, 15) is 9.59 Å². The lowest BCUT2D eigenvalue weighted by atomic mass is 10.1. The summed E-state index contributed by atoms with van der Waals surface area (Å²) >= 11 is 0. The van der Waals surface area contributed by atoms with Crippen LogP contribution in [-0.4, -0.2) is 37.9 Å². The number of unbranched alkanes of at least 4 members (excludes halogenated alkanes) is 8. The molecule has 0 heterocycles. The van der Waals surface area contributed by atoms with Crippen LogP contribution in [0, 0.1) is 0 Å². The molecule has 0 saturated carbocycles. The highest BCUT2D eigenvalue weighted by Gasteiger charge is 2.17. The molecule has 0 aliphatic carbocycles. The Bertz CT molecular complexity index is 1300. The molecule has 0 saturated heterocycles. The smallest absolute Gasteiger partial charge is 0.306 e. The van der Waals surface area contributed by atoms with E-state index in [1.807, 2.05) is 6.08 Å². The first-order chi connectivity index (χ1) is 29.6. The summed E-state index contributed by atoms with van der Waals surface area (Å²) in [4.78, 5) is 25.3. The van der Waals surface area contributed by atoms with Crippen LogP contribution in [-0.2, 0) is 23.8 Å². The van der Waals surface area contributed by atoms with Gasteiger partial charge < -0.3 is 14.2 Å². The highest BCUT2D eigenvalue weighted by atomic mass is 16.6.